The zero-order valence-corrected chi connectivity index (χ0v) is 10.6. The Morgan fingerprint density at radius 1 is 1.67 bits per heavy atom. The third kappa shape index (κ3) is 2.28. The zero-order chi connectivity index (χ0) is 13.3. The van der Waals surface area contributed by atoms with Crippen LogP contribution in [-0.2, 0) is 0 Å². The van der Waals surface area contributed by atoms with Gasteiger partial charge in [0.2, 0.25) is 0 Å². The fourth-order valence-corrected chi connectivity index (χ4v) is 2.26. The largest absolute Gasteiger partial charge is 0.336 e. The van der Waals surface area contributed by atoms with Crippen molar-refractivity contribution in [1.82, 2.24) is 9.88 Å². The third-order valence-corrected chi connectivity index (χ3v) is 3.38. The van der Waals surface area contributed by atoms with Crippen molar-refractivity contribution in [2.75, 3.05) is 6.54 Å². The lowest BCUT2D eigenvalue weighted by atomic mass is 10.2. The summed E-state index contributed by atoms with van der Waals surface area (Å²) in [5, 5.41) is 10.7. The van der Waals surface area contributed by atoms with Crippen molar-refractivity contribution in [2.45, 2.75) is 25.8 Å². The van der Waals surface area contributed by atoms with E-state index in [9.17, 15) is 14.9 Å². The van der Waals surface area contributed by atoms with Crippen LogP contribution in [0.3, 0.4) is 0 Å². The number of hydrogen-bond donors (Lipinski definition) is 0. The second kappa shape index (κ2) is 4.89. The van der Waals surface area contributed by atoms with Gasteiger partial charge in [-0.15, -0.1) is 0 Å². The minimum absolute atomic E-state index is 0.00435. The topological polar surface area (TPSA) is 76.3 Å². The molecule has 1 unspecified atom stereocenters. The first-order chi connectivity index (χ1) is 8.50. The molecule has 0 bridgehead atoms. The molecule has 0 saturated carbocycles. The van der Waals surface area contributed by atoms with E-state index in [2.05, 4.69) is 4.98 Å². The van der Waals surface area contributed by atoms with Gasteiger partial charge in [0.15, 0.2) is 0 Å². The Morgan fingerprint density at radius 3 is 2.94 bits per heavy atom. The smallest absolute Gasteiger partial charge is 0.288 e. The summed E-state index contributed by atoms with van der Waals surface area (Å²) in [6.07, 6.45) is 2.92. The number of nitro groups is 1. The van der Waals surface area contributed by atoms with Crippen LogP contribution in [0, 0.1) is 10.1 Å². The lowest BCUT2D eigenvalue weighted by molar-refractivity contribution is -0.385. The first-order valence-corrected chi connectivity index (χ1v) is 5.99. The molecule has 18 heavy (non-hydrogen) atoms. The van der Waals surface area contributed by atoms with Crippen LogP contribution in [0.25, 0.3) is 0 Å². The van der Waals surface area contributed by atoms with Crippen LogP contribution in [0.4, 0.5) is 5.69 Å². The number of amides is 1. The molecule has 96 valence electrons. The molecular formula is C11H12ClN3O3. The Morgan fingerprint density at radius 2 is 2.39 bits per heavy atom. The number of hydrogen-bond acceptors (Lipinski definition) is 4. The molecule has 1 amide bonds. The highest BCUT2D eigenvalue weighted by atomic mass is 35.5. The van der Waals surface area contributed by atoms with Gasteiger partial charge in [-0.05, 0) is 19.8 Å². The van der Waals surface area contributed by atoms with Gasteiger partial charge in [-0.2, -0.15) is 0 Å². The average Bonchev–Trinajstić information content (AvgIpc) is 2.75. The Bertz CT molecular complexity index is 506. The van der Waals surface area contributed by atoms with Crippen molar-refractivity contribution in [1.29, 1.82) is 0 Å². The number of likely N-dealkylation sites (tertiary alicyclic amines) is 1. The van der Waals surface area contributed by atoms with Crippen LogP contribution in [0.5, 0.6) is 0 Å². The van der Waals surface area contributed by atoms with Gasteiger partial charge < -0.3 is 4.90 Å². The summed E-state index contributed by atoms with van der Waals surface area (Å²) in [4.78, 5) is 27.7. The van der Waals surface area contributed by atoms with E-state index in [4.69, 9.17) is 11.6 Å². The van der Waals surface area contributed by atoms with Gasteiger partial charge in [-0.3, -0.25) is 14.9 Å². The molecule has 0 radical (unpaired) electrons. The summed E-state index contributed by atoms with van der Waals surface area (Å²) < 4.78 is 0. The molecule has 0 N–H and O–H groups in total. The maximum absolute atomic E-state index is 12.2. The van der Waals surface area contributed by atoms with Crippen LogP contribution in [0.15, 0.2) is 12.3 Å². The minimum atomic E-state index is -0.590. The highest BCUT2D eigenvalue weighted by molar-refractivity contribution is 6.32. The predicted octanol–water partition coefficient (Wildman–Crippen LogP) is 2.27. The second-order valence-corrected chi connectivity index (χ2v) is 4.64. The van der Waals surface area contributed by atoms with Gasteiger partial charge >= 0.3 is 0 Å². The number of halogens is 1. The molecule has 2 heterocycles. The average molecular weight is 270 g/mol. The number of aromatic nitrogens is 1. The Kier molecular flexibility index (Phi) is 3.47. The Balaban J connectivity index is 2.34. The SMILES string of the molecule is CC1CCCN1C(=O)c1cc([N+](=O)[O-])cnc1Cl. The molecule has 0 spiro atoms. The lowest BCUT2D eigenvalue weighted by Crippen LogP contribution is -2.33. The third-order valence-electron chi connectivity index (χ3n) is 3.08. The summed E-state index contributed by atoms with van der Waals surface area (Å²) in [5.41, 5.74) is -0.130. The van der Waals surface area contributed by atoms with Crippen molar-refractivity contribution >= 4 is 23.2 Å². The van der Waals surface area contributed by atoms with Crippen molar-refractivity contribution in [3.63, 3.8) is 0 Å². The number of rotatable bonds is 2. The molecule has 6 nitrogen and oxygen atoms in total. The van der Waals surface area contributed by atoms with Gasteiger partial charge in [0.25, 0.3) is 11.6 Å². The summed E-state index contributed by atoms with van der Waals surface area (Å²) >= 11 is 5.84. The summed E-state index contributed by atoms with van der Waals surface area (Å²) in [6, 6.07) is 1.32. The fraction of sp³-hybridized carbons (Fsp3) is 0.455. The number of carbonyl (C=O) groups is 1. The van der Waals surface area contributed by atoms with Gasteiger partial charge in [0.05, 0.1) is 10.5 Å². The number of pyridine rings is 1. The van der Waals surface area contributed by atoms with E-state index in [0.717, 1.165) is 19.0 Å². The van der Waals surface area contributed by atoms with Crippen molar-refractivity contribution < 1.29 is 9.72 Å². The minimum Gasteiger partial charge on any atom is -0.336 e. The first kappa shape index (κ1) is 12.8. The van der Waals surface area contributed by atoms with E-state index in [1.165, 1.54) is 6.07 Å². The Hall–Kier alpha value is -1.69. The molecule has 0 aromatic carbocycles. The molecule has 1 saturated heterocycles. The standard InChI is InChI=1S/C11H12ClN3O3/c1-7-3-2-4-14(7)11(16)9-5-8(15(17)18)6-13-10(9)12/h5-7H,2-4H2,1H3. The molecule has 1 aliphatic heterocycles. The lowest BCUT2D eigenvalue weighted by Gasteiger charge is -2.21. The van der Waals surface area contributed by atoms with Crippen LogP contribution in [0.2, 0.25) is 5.15 Å². The van der Waals surface area contributed by atoms with Crippen LogP contribution < -0.4 is 0 Å². The zero-order valence-electron chi connectivity index (χ0n) is 9.80. The molecule has 0 aliphatic carbocycles. The van der Waals surface area contributed by atoms with Crippen molar-refractivity contribution in [3.8, 4) is 0 Å². The quantitative estimate of drug-likeness (QED) is 0.469. The first-order valence-electron chi connectivity index (χ1n) is 5.61. The van der Waals surface area contributed by atoms with Crippen molar-refractivity contribution in [2.24, 2.45) is 0 Å². The van der Waals surface area contributed by atoms with Gasteiger partial charge in [0.1, 0.15) is 11.3 Å². The summed E-state index contributed by atoms with van der Waals surface area (Å²) in [7, 11) is 0. The van der Waals surface area contributed by atoms with Crippen molar-refractivity contribution in [3.05, 3.63) is 33.1 Å². The maximum Gasteiger partial charge on any atom is 0.288 e. The normalized spacial score (nSPS) is 19.0. The summed E-state index contributed by atoms with van der Waals surface area (Å²) in [5.74, 6) is -0.291. The molecule has 1 aromatic heterocycles. The van der Waals surface area contributed by atoms with Crippen LogP contribution >= 0.6 is 11.6 Å². The van der Waals surface area contributed by atoms with E-state index in [1.807, 2.05) is 6.92 Å². The maximum atomic E-state index is 12.2. The number of nitrogens with zero attached hydrogens (tertiary/aromatic N) is 3. The van der Waals surface area contributed by atoms with E-state index in [0.29, 0.717) is 6.54 Å². The highest BCUT2D eigenvalue weighted by Gasteiger charge is 2.28. The molecule has 1 aliphatic rings. The molecular weight excluding hydrogens is 258 g/mol. The van der Waals surface area contributed by atoms with E-state index >= 15 is 0 Å². The highest BCUT2D eigenvalue weighted by Crippen LogP contribution is 2.24. The van der Waals surface area contributed by atoms with E-state index < -0.39 is 4.92 Å². The molecule has 7 heteroatoms. The fourth-order valence-electron chi connectivity index (χ4n) is 2.08. The molecule has 2 rings (SSSR count). The summed E-state index contributed by atoms with van der Waals surface area (Å²) in [6.45, 7) is 2.60. The molecule has 1 fully saturated rings. The van der Waals surface area contributed by atoms with Gasteiger partial charge in [0, 0.05) is 18.7 Å². The monoisotopic (exact) mass is 269 g/mol. The van der Waals surface area contributed by atoms with Gasteiger partial charge in [-0.25, -0.2) is 4.98 Å². The Labute approximate surface area is 109 Å². The number of carbonyl (C=O) groups excluding carboxylic acids is 1. The predicted molar refractivity (Wildman–Crippen MR) is 65.6 cm³/mol. The van der Waals surface area contributed by atoms with E-state index in [-0.39, 0.29) is 28.4 Å². The van der Waals surface area contributed by atoms with Crippen LogP contribution in [0.1, 0.15) is 30.1 Å². The molecule has 1 atom stereocenters. The van der Waals surface area contributed by atoms with E-state index in [1.54, 1.807) is 4.90 Å². The van der Waals surface area contributed by atoms with Crippen LogP contribution in [-0.4, -0.2) is 33.3 Å². The molecule has 1 aromatic rings. The van der Waals surface area contributed by atoms with Gasteiger partial charge in [-0.1, -0.05) is 11.6 Å². The second-order valence-electron chi connectivity index (χ2n) is 4.28.